The van der Waals surface area contributed by atoms with Gasteiger partial charge < -0.3 is 10.2 Å². The van der Waals surface area contributed by atoms with Gasteiger partial charge >= 0.3 is 0 Å². The van der Waals surface area contributed by atoms with E-state index in [2.05, 4.69) is 31.0 Å². The van der Waals surface area contributed by atoms with E-state index in [0.29, 0.717) is 18.0 Å². The molecule has 2 rings (SSSR count). The van der Waals surface area contributed by atoms with E-state index in [4.69, 9.17) is 4.99 Å². The van der Waals surface area contributed by atoms with Crippen LogP contribution in [0.25, 0.3) is 0 Å². The molecule has 0 aromatic carbocycles. The van der Waals surface area contributed by atoms with Crippen LogP contribution in [0.15, 0.2) is 4.99 Å². The summed E-state index contributed by atoms with van der Waals surface area (Å²) in [5, 5.41) is 4.72. The third-order valence-corrected chi connectivity index (χ3v) is 4.55. The highest BCUT2D eigenvalue weighted by Gasteiger charge is 2.22. The Hall–Kier alpha value is -0.220. The Labute approximate surface area is 109 Å². The van der Waals surface area contributed by atoms with Gasteiger partial charge in [-0.25, -0.2) is 0 Å². The molecule has 2 aliphatic heterocycles. The van der Waals surface area contributed by atoms with Crippen LogP contribution in [-0.2, 0) is 0 Å². The monoisotopic (exact) mass is 255 g/mol. The number of nitrogens with zero attached hydrogens (tertiary/aromatic N) is 2. The first-order chi connectivity index (χ1) is 8.15. The molecule has 1 saturated heterocycles. The molecule has 17 heavy (non-hydrogen) atoms. The smallest absolute Gasteiger partial charge is 0.157 e. The summed E-state index contributed by atoms with van der Waals surface area (Å²) >= 11 is 1.89. The zero-order chi connectivity index (χ0) is 12.3. The number of amidine groups is 1. The first kappa shape index (κ1) is 13.2. The van der Waals surface area contributed by atoms with Crippen LogP contribution in [0.1, 0.15) is 33.6 Å². The van der Waals surface area contributed by atoms with Gasteiger partial charge in [-0.2, -0.15) is 0 Å². The molecule has 98 valence electrons. The van der Waals surface area contributed by atoms with Gasteiger partial charge in [-0.15, -0.1) is 0 Å². The number of hydrogen-bond acceptors (Lipinski definition) is 4. The van der Waals surface area contributed by atoms with Crippen LogP contribution in [0, 0.1) is 5.92 Å². The van der Waals surface area contributed by atoms with Crippen LogP contribution in [0.5, 0.6) is 0 Å². The lowest BCUT2D eigenvalue weighted by Gasteiger charge is -2.21. The van der Waals surface area contributed by atoms with E-state index >= 15 is 0 Å². The summed E-state index contributed by atoms with van der Waals surface area (Å²) in [6.45, 7) is 10.5. The predicted molar refractivity (Wildman–Crippen MR) is 76.8 cm³/mol. The molecule has 1 unspecified atom stereocenters. The average molecular weight is 255 g/mol. The fourth-order valence-electron chi connectivity index (χ4n) is 2.42. The molecule has 2 atom stereocenters. The lowest BCUT2D eigenvalue weighted by Crippen LogP contribution is -2.39. The first-order valence-electron chi connectivity index (χ1n) is 6.84. The molecule has 2 aliphatic rings. The lowest BCUT2D eigenvalue weighted by atomic mass is 10.1. The van der Waals surface area contributed by atoms with Crippen molar-refractivity contribution in [2.45, 2.75) is 45.7 Å². The van der Waals surface area contributed by atoms with Crippen molar-refractivity contribution >= 4 is 16.9 Å². The molecule has 0 bridgehead atoms. The molecular formula is C13H25N3S. The largest absolute Gasteiger partial charge is 0.361 e. The van der Waals surface area contributed by atoms with Gasteiger partial charge in [0.05, 0.1) is 6.04 Å². The van der Waals surface area contributed by atoms with Gasteiger partial charge in [0, 0.05) is 18.3 Å². The number of hydrogen-bond donors (Lipinski definition) is 1. The minimum absolute atomic E-state index is 0.515. The molecule has 1 fully saturated rings. The van der Waals surface area contributed by atoms with Gasteiger partial charge in [0.15, 0.2) is 5.17 Å². The van der Waals surface area contributed by atoms with E-state index in [1.807, 2.05) is 11.8 Å². The van der Waals surface area contributed by atoms with Crippen LogP contribution in [0.2, 0.25) is 0 Å². The molecule has 0 spiro atoms. The topological polar surface area (TPSA) is 27.6 Å². The van der Waals surface area contributed by atoms with E-state index < -0.39 is 0 Å². The average Bonchev–Trinajstić information content (AvgIpc) is 2.88. The van der Waals surface area contributed by atoms with Crippen LogP contribution >= 0.6 is 11.8 Å². The normalized spacial score (nSPS) is 27.5. The Bertz CT molecular complexity index is 272. The standard InChI is InChI=1S/C13H25N3S/c1-10(2)12-9-17-13(15-12)14-11(3)8-16-6-4-5-7-16/h10-12H,4-9H2,1-3H3,(H,14,15)/t11?,12-/m1/s1. The first-order valence-corrected chi connectivity index (χ1v) is 7.83. The maximum Gasteiger partial charge on any atom is 0.157 e. The molecule has 0 amide bonds. The van der Waals surface area contributed by atoms with E-state index in [-0.39, 0.29) is 0 Å². The number of rotatable bonds is 4. The summed E-state index contributed by atoms with van der Waals surface area (Å²) in [7, 11) is 0. The molecule has 0 aliphatic carbocycles. The molecule has 0 saturated carbocycles. The fraction of sp³-hybridized carbons (Fsp3) is 0.923. The second kappa shape index (κ2) is 6.10. The Balaban J connectivity index is 1.74. The van der Waals surface area contributed by atoms with E-state index in [1.165, 1.54) is 25.9 Å². The van der Waals surface area contributed by atoms with Crippen LogP contribution in [-0.4, -0.2) is 47.5 Å². The quantitative estimate of drug-likeness (QED) is 0.834. The van der Waals surface area contributed by atoms with Gasteiger partial charge in [-0.05, 0) is 38.8 Å². The summed E-state index contributed by atoms with van der Waals surface area (Å²) in [5.74, 6) is 1.81. The second-order valence-corrected chi connectivity index (χ2v) is 6.62. The third-order valence-electron chi connectivity index (χ3n) is 3.54. The maximum absolute atomic E-state index is 4.75. The van der Waals surface area contributed by atoms with Gasteiger partial charge in [-0.3, -0.25) is 4.99 Å². The van der Waals surface area contributed by atoms with Crippen molar-refractivity contribution in [2.24, 2.45) is 10.9 Å². The molecule has 3 nitrogen and oxygen atoms in total. The summed E-state index contributed by atoms with van der Waals surface area (Å²) < 4.78 is 0. The Morgan fingerprint density at radius 2 is 2.06 bits per heavy atom. The SMILES string of the molecule is CC(CN1CCCC1)NC1=N[C@@H](C(C)C)CS1. The molecular weight excluding hydrogens is 230 g/mol. The number of likely N-dealkylation sites (tertiary alicyclic amines) is 1. The Morgan fingerprint density at radius 3 is 2.65 bits per heavy atom. The van der Waals surface area contributed by atoms with Crippen molar-refractivity contribution in [2.75, 3.05) is 25.4 Å². The van der Waals surface area contributed by atoms with E-state index in [0.717, 1.165) is 17.5 Å². The van der Waals surface area contributed by atoms with Gasteiger partial charge in [0.25, 0.3) is 0 Å². The molecule has 2 heterocycles. The Morgan fingerprint density at radius 1 is 1.35 bits per heavy atom. The fourth-order valence-corrected chi connectivity index (χ4v) is 3.70. The third kappa shape index (κ3) is 3.88. The predicted octanol–water partition coefficient (Wildman–Crippen LogP) is 2.19. The van der Waals surface area contributed by atoms with Gasteiger partial charge in [0.1, 0.15) is 0 Å². The van der Waals surface area contributed by atoms with Crippen molar-refractivity contribution in [3.63, 3.8) is 0 Å². The summed E-state index contributed by atoms with van der Waals surface area (Å²) in [6.07, 6.45) is 2.75. The number of nitrogens with one attached hydrogen (secondary N) is 1. The van der Waals surface area contributed by atoms with Crippen molar-refractivity contribution in [1.29, 1.82) is 0 Å². The Kier molecular flexibility index (Phi) is 4.74. The van der Waals surface area contributed by atoms with Crippen molar-refractivity contribution in [3.05, 3.63) is 0 Å². The highest BCUT2D eigenvalue weighted by molar-refractivity contribution is 8.14. The minimum atomic E-state index is 0.515. The zero-order valence-electron chi connectivity index (χ0n) is 11.3. The molecule has 1 N–H and O–H groups in total. The maximum atomic E-state index is 4.75. The molecule has 4 heteroatoms. The van der Waals surface area contributed by atoms with Crippen LogP contribution in [0.3, 0.4) is 0 Å². The molecule has 0 aromatic heterocycles. The highest BCUT2D eigenvalue weighted by Crippen LogP contribution is 2.22. The van der Waals surface area contributed by atoms with E-state index in [9.17, 15) is 0 Å². The second-order valence-electron chi connectivity index (χ2n) is 5.61. The van der Waals surface area contributed by atoms with Crippen molar-refractivity contribution < 1.29 is 0 Å². The highest BCUT2D eigenvalue weighted by atomic mass is 32.2. The lowest BCUT2D eigenvalue weighted by molar-refractivity contribution is 0.312. The summed E-state index contributed by atoms with van der Waals surface area (Å²) in [5.41, 5.74) is 0. The molecule has 0 aromatic rings. The van der Waals surface area contributed by atoms with Gasteiger partial charge in [0.2, 0.25) is 0 Å². The number of thioether (sulfide) groups is 1. The van der Waals surface area contributed by atoms with E-state index in [1.54, 1.807) is 0 Å². The summed E-state index contributed by atoms with van der Waals surface area (Å²) in [4.78, 5) is 7.31. The van der Waals surface area contributed by atoms with Crippen LogP contribution in [0.4, 0.5) is 0 Å². The summed E-state index contributed by atoms with van der Waals surface area (Å²) in [6, 6.07) is 1.03. The van der Waals surface area contributed by atoms with Gasteiger partial charge in [-0.1, -0.05) is 25.6 Å². The van der Waals surface area contributed by atoms with Crippen molar-refractivity contribution in [3.8, 4) is 0 Å². The minimum Gasteiger partial charge on any atom is -0.361 e. The van der Waals surface area contributed by atoms with Crippen LogP contribution < -0.4 is 5.32 Å². The zero-order valence-corrected chi connectivity index (χ0v) is 12.1. The number of aliphatic imine (C=N–C) groups is 1. The molecule has 0 radical (unpaired) electrons. The van der Waals surface area contributed by atoms with Crippen molar-refractivity contribution in [1.82, 2.24) is 10.2 Å².